The number of sulfonamides is 1. The van der Waals surface area contributed by atoms with Crippen LogP contribution in [0.5, 0.6) is 28.7 Å². The van der Waals surface area contributed by atoms with Gasteiger partial charge in [0.15, 0.2) is 11.5 Å². The van der Waals surface area contributed by atoms with Crippen molar-refractivity contribution >= 4 is 27.5 Å². The van der Waals surface area contributed by atoms with Crippen molar-refractivity contribution in [2.45, 2.75) is 30.8 Å². The Morgan fingerprint density at radius 1 is 0.700 bits per heavy atom. The number of methoxy groups -OCH3 is 5. The highest BCUT2D eigenvalue weighted by Crippen LogP contribution is 2.38. The molecule has 0 aliphatic carbocycles. The Bertz CT molecular complexity index is 1870. The number of carbonyl (C=O) groups is 2. The topological polar surface area (TPSA) is 133 Å². The van der Waals surface area contributed by atoms with Crippen LogP contribution >= 0.6 is 0 Å². The second kappa shape index (κ2) is 17.3. The van der Waals surface area contributed by atoms with Crippen LogP contribution in [-0.4, -0.2) is 79.8 Å². The highest BCUT2D eigenvalue weighted by Gasteiger charge is 2.36. The number of benzene rings is 4. The van der Waals surface area contributed by atoms with Gasteiger partial charge in [0.2, 0.25) is 11.8 Å². The van der Waals surface area contributed by atoms with Gasteiger partial charge in [-0.25, -0.2) is 8.42 Å². The van der Waals surface area contributed by atoms with Gasteiger partial charge in [0.25, 0.3) is 10.0 Å². The minimum Gasteiger partial charge on any atom is -0.497 e. The van der Waals surface area contributed by atoms with Crippen LogP contribution in [-0.2, 0) is 32.6 Å². The van der Waals surface area contributed by atoms with Crippen LogP contribution in [0.4, 0.5) is 5.69 Å². The number of nitrogens with one attached hydrogen (secondary N) is 1. The van der Waals surface area contributed by atoms with Crippen molar-refractivity contribution in [1.82, 2.24) is 10.2 Å². The standard InChI is InChI=1S/C37H43N3O9S/c1-7-38-37(42)32(21-26-12-9-8-10-13-26)39(24-27-14-11-15-28(20-27)45-2)36(41)25-40(31-22-29(46-3)16-18-33(31)47-4)50(43,44)30-17-19-34(48-5)35(23-30)49-6/h8-20,22-23,32H,7,21,24-25H2,1-6H3,(H,38,42). The molecular formula is C37H43N3O9S. The van der Waals surface area contributed by atoms with E-state index in [1.54, 1.807) is 37.3 Å². The normalized spacial score (nSPS) is 11.6. The number of hydrogen-bond donors (Lipinski definition) is 1. The van der Waals surface area contributed by atoms with Gasteiger partial charge in [-0.1, -0.05) is 42.5 Å². The molecule has 1 unspecified atom stereocenters. The number of likely N-dealkylation sites (N-methyl/N-ethyl adjacent to an activating group) is 1. The Balaban J connectivity index is 1.90. The van der Waals surface area contributed by atoms with Crippen molar-refractivity contribution in [3.05, 3.63) is 102 Å². The summed E-state index contributed by atoms with van der Waals surface area (Å²) in [5, 5.41) is 2.86. The van der Waals surface area contributed by atoms with E-state index in [1.165, 1.54) is 64.7 Å². The maximum absolute atomic E-state index is 14.8. The second-order valence-corrected chi connectivity index (χ2v) is 12.9. The van der Waals surface area contributed by atoms with E-state index in [-0.39, 0.29) is 41.0 Å². The fourth-order valence-electron chi connectivity index (χ4n) is 5.42. The minimum atomic E-state index is -4.50. The summed E-state index contributed by atoms with van der Waals surface area (Å²) in [4.78, 5) is 29.8. The number of nitrogens with zero attached hydrogens (tertiary/aromatic N) is 2. The van der Waals surface area contributed by atoms with Crippen LogP contribution in [0.2, 0.25) is 0 Å². The van der Waals surface area contributed by atoms with Crippen molar-refractivity contribution in [2.75, 3.05) is 52.9 Å². The molecule has 0 spiro atoms. The molecule has 0 saturated heterocycles. The summed E-state index contributed by atoms with van der Waals surface area (Å²) < 4.78 is 57.4. The predicted octanol–water partition coefficient (Wildman–Crippen LogP) is 4.70. The lowest BCUT2D eigenvalue weighted by molar-refractivity contribution is -0.140. The Labute approximate surface area is 293 Å². The lowest BCUT2D eigenvalue weighted by Crippen LogP contribution is -2.53. The lowest BCUT2D eigenvalue weighted by Gasteiger charge is -2.34. The first-order valence-electron chi connectivity index (χ1n) is 15.8. The summed E-state index contributed by atoms with van der Waals surface area (Å²) >= 11 is 0. The fraction of sp³-hybridized carbons (Fsp3) is 0.297. The second-order valence-electron chi connectivity index (χ2n) is 11.0. The molecule has 0 aliphatic rings. The van der Waals surface area contributed by atoms with Gasteiger partial charge in [-0.15, -0.1) is 0 Å². The Hall–Kier alpha value is -5.43. The van der Waals surface area contributed by atoms with E-state index in [9.17, 15) is 18.0 Å². The molecule has 0 radical (unpaired) electrons. The van der Waals surface area contributed by atoms with Gasteiger partial charge in [0, 0.05) is 31.6 Å². The van der Waals surface area contributed by atoms with Crippen molar-refractivity contribution in [2.24, 2.45) is 0 Å². The third kappa shape index (κ3) is 8.77. The third-order valence-electron chi connectivity index (χ3n) is 7.99. The molecule has 4 aromatic rings. The highest BCUT2D eigenvalue weighted by atomic mass is 32.2. The average Bonchev–Trinajstić information content (AvgIpc) is 3.14. The summed E-state index contributed by atoms with van der Waals surface area (Å²) in [6, 6.07) is 24.2. The van der Waals surface area contributed by atoms with Gasteiger partial charge in [-0.3, -0.25) is 13.9 Å². The molecule has 2 amide bonds. The van der Waals surface area contributed by atoms with Crippen molar-refractivity contribution in [1.29, 1.82) is 0 Å². The summed E-state index contributed by atoms with van der Waals surface area (Å²) in [6.45, 7) is 1.39. The van der Waals surface area contributed by atoms with Crippen molar-refractivity contribution < 1.29 is 41.7 Å². The first-order valence-corrected chi connectivity index (χ1v) is 17.2. The average molecular weight is 706 g/mol. The molecule has 13 heteroatoms. The first kappa shape index (κ1) is 37.4. The SMILES string of the molecule is CCNC(=O)C(Cc1ccccc1)N(Cc1cccc(OC)c1)C(=O)CN(c1cc(OC)ccc1OC)S(=O)(=O)c1ccc(OC)c(OC)c1. The molecule has 12 nitrogen and oxygen atoms in total. The molecule has 266 valence electrons. The largest absolute Gasteiger partial charge is 0.497 e. The zero-order chi connectivity index (χ0) is 36.3. The summed E-state index contributed by atoms with van der Waals surface area (Å²) in [6.07, 6.45) is 0.174. The summed E-state index contributed by atoms with van der Waals surface area (Å²) in [5.74, 6) is 0.533. The molecule has 50 heavy (non-hydrogen) atoms. The Kier molecular flexibility index (Phi) is 12.9. The molecule has 0 heterocycles. The van der Waals surface area contributed by atoms with Gasteiger partial charge < -0.3 is 33.9 Å². The molecule has 0 aliphatic heterocycles. The Morgan fingerprint density at radius 2 is 1.34 bits per heavy atom. The zero-order valence-corrected chi connectivity index (χ0v) is 29.9. The monoisotopic (exact) mass is 705 g/mol. The van der Waals surface area contributed by atoms with E-state index in [2.05, 4.69) is 5.32 Å². The van der Waals surface area contributed by atoms with E-state index in [0.29, 0.717) is 29.4 Å². The van der Waals surface area contributed by atoms with Crippen LogP contribution in [0.15, 0.2) is 95.9 Å². The van der Waals surface area contributed by atoms with Crippen LogP contribution in [0.3, 0.4) is 0 Å². The van der Waals surface area contributed by atoms with Gasteiger partial charge in [-0.05, 0) is 54.4 Å². The van der Waals surface area contributed by atoms with Crippen LogP contribution in [0, 0.1) is 0 Å². The molecule has 0 fully saturated rings. The fourth-order valence-corrected chi connectivity index (χ4v) is 6.86. The Morgan fingerprint density at radius 3 is 1.98 bits per heavy atom. The number of rotatable bonds is 17. The van der Waals surface area contributed by atoms with E-state index in [0.717, 1.165) is 9.87 Å². The number of anilines is 1. The molecule has 4 rings (SSSR count). The maximum Gasteiger partial charge on any atom is 0.265 e. The molecule has 1 N–H and O–H groups in total. The third-order valence-corrected chi connectivity index (χ3v) is 9.74. The van der Waals surface area contributed by atoms with Crippen LogP contribution in [0.1, 0.15) is 18.1 Å². The molecule has 0 saturated carbocycles. The van der Waals surface area contributed by atoms with E-state index in [4.69, 9.17) is 23.7 Å². The van der Waals surface area contributed by atoms with Gasteiger partial charge >= 0.3 is 0 Å². The molecule has 0 aromatic heterocycles. The van der Waals surface area contributed by atoms with Crippen molar-refractivity contribution in [3.8, 4) is 28.7 Å². The molecule has 4 aromatic carbocycles. The van der Waals surface area contributed by atoms with Gasteiger partial charge in [-0.2, -0.15) is 0 Å². The van der Waals surface area contributed by atoms with Crippen LogP contribution < -0.4 is 33.3 Å². The number of ether oxygens (including phenoxy) is 5. The zero-order valence-electron chi connectivity index (χ0n) is 29.0. The minimum absolute atomic E-state index is 0.0237. The van der Waals surface area contributed by atoms with E-state index < -0.39 is 28.5 Å². The van der Waals surface area contributed by atoms with Crippen molar-refractivity contribution in [3.63, 3.8) is 0 Å². The molecular weight excluding hydrogens is 662 g/mol. The number of carbonyl (C=O) groups excluding carboxylic acids is 2. The van der Waals surface area contributed by atoms with E-state index >= 15 is 0 Å². The number of hydrogen-bond acceptors (Lipinski definition) is 9. The number of amides is 2. The lowest BCUT2D eigenvalue weighted by atomic mass is 10.0. The molecule has 1 atom stereocenters. The molecule has 0 bridgehead atoms. The predicted molar refractivity (Wildman–Crippen MR) is 190 cm³/mol. The quantitative estimate of drug-likeness (QED) is 0.166. The summed E-state index contributed by atoms with van der Waals surface area (Å²) in [7, 11) is 2.71. The maximum atomic E-state index is 14.8. The first-order chi connectivity index (χ1) is 24.1. The smallest absolute Gasteiger partial charge is 0.265 e. The highest BCUT2D eigenvalue weighted by molar-refractivity contribution is 7.92. The van der Waals surface area contributed by atoms with E-state index in [1.807, 2.05) is 36.4 Å². The summed E-state index contributed by atoms with van der Waals surface area (Å²) in [5.41, 5.74) is 1.54. The van der Waals surface area contributed by atoms with Crippen LogP contribution in [0.25, 0.3) is 0 Å². The van der Waals surface area contributed by atoms with Gasteiger partial charge in [0.1, 0.15) is 29.8 Å². The van der Waals surface area contributed by atoms with Gasteiger partial charge in [0.05, 0.1) is 46.1 Å².